The first-order valence-electron chi connectivity index (χ1n) is 6.30. The molecule has 0 spiro atoms. The zero-order valence-corrected chi connectivity index (χ0v) is 10.6. The summed E-state index contributed by atoms with van der Waals surface area (Å²) in [7, 11) is 2.02. The predicted octanol–water partition coefficient (Wildman–Crippen LogP) is 1.88. The topological polar surface area (TPSA) is 39.1 Å². The van der Waals surface area contributed by atoms with Crippen LogP contribution in [0.3, 0.4) is 0 Å². The number of benzene rings is 1. The Morgan fingerprint density at radius 1 is 1.56 bits per heavy atom. The highest BCUT2D eigenvalue weighted by Gasteiger charge is 2.18. The monoisotopic (exact) mass is 247 g/mol. The van der Waals surface area contributed by atoms with Crippen molar-refractivity contribution in [1.82, 2.24) is 10.2 Å². The van der Waals surface area contributed by atoms with E-state index in [1.54, 1.807) is 12.1 Å². The first kappa shape index (κ1) is 13.0. The van der Waals surface area contributed by atoms with Crippen LogP contribution in [0.5, 0.6) is 0 Å². The lowest BCUT2D eigenvalue weighted by Crippen LogP contribution is -2.43. The molecule has 1 fully saturated rings. The maximum absolute atomic E-state index is 13.8. The van der Waals surface area contributed by atoms with Crippen molar-refractivity contribution in [1.29, 1.82) is 5.26 Å². The van der Waals surface area contributed by atoms with Crippen molar-refractivity contribution < 1.29 is 4.39 Å². The Balaban J connectivity index is 2.02. The second-order valence-corrected chi connectivity index (χ2v) is 4.83. The molecule has 3 nitrogen and oxygen atoms in total. The van der Waals surface area contributed by atoms with Crippen molar-refractivity contribution in [3.63, 3.8) is 0 Å². The smallest absolute Gasteiger partial charge is 0.129 e. The van der Waals surface area contributed by atoms with Crippen LogP contribution in [-0.4, -0.2) is 31.1 Å². The van der Waals surface area contributed by atoms with Gasteiger partial charge in [-0.3, -0.25) is 4.90 Å². The van der Waals surface area contributed by atoms with Crippen LogP contribution in [0, 0.1) is 17.1 Å². The Bertz CT molecular complexity index is 447. The third-order valence-electron chi connectivity index (χ3n) is 3.50. The molecule has 0 amide bonds. The van der Waals surface area contributed by atoms with Crippen molar-refractivity contribution in [3.8, 4) is 6.07 Å². The average molecular weight is 247 g/mol. The van der Waals surface area contributed by atoms with Gasteiger partial charge in [0.25, 0.3) is 0 Å². The van der Waals surface area contributed by atoms with E-state index in [1.807, 2.05) is 13.1 Å². The lowest BCUT2D eigenvalue weighted by molar-refractivity contribution is 0.194. The van der Waals surface area contributed by atoms with Crippen LogP contribution >= 0.6 is 0 Å². The van der Waals surface area contributed by atoms with Crippen LogP contribution in [0.15, 0.2) is 18.2 Å². The molecular formula is C14H18FN3. The fraction of sp³-hybridized carbons (Fsp3) is 0.500. The Morgan fingerprint density at radius 3 is 3.00 bits per heavy atom. The highest BCUT2D eigenvalue weighted by Crippen LogP contribution is 2.15. The molecule has 0 bridgehead atoms. The van der Waals surface area contributed by atoms with E-state index in [1.165, 1.54) is 12.5 Å². The lowest BCUT2D eigenvalue weighted by Gasteiger charge is -2.31. The van der Waals surface area contributed by atoms with Gasteiger partial charge < -0.3 is 5.32 Å². The fourth-order valence-electron chi connectivity index (χ4n) is 2.35. The maximum Gasteiger partial charge on any atom is 0.129 e. The Labute approximate surface area is 107 Å². The van der Waals surface area contributed by atoms with Crippen LogP contribution in [0.2, 0.25) is 0 Å². The van der Waals surface area contributed by atoms with E-state index in [0.717, 1.165) is 19.5 Å². The SMILES string of the molecule is CN(Cc1ccc(C#N)cc1F)C1CCCNC1. The van der Waals surface area contributed by atoms with E-state index in [4.69, 9.17) is 5.26 Å². The molecule has 1 aliphatic rings. The van der Waals surface area contributed by atoms with Crippen molar-refractivity contribution in [2.75, 3.05) is 20.1 Å². The highest BCUT2D eigenvalue weighted by molar-refractivity contribution is 5.32. The summed E-state index contributed by atoms with van der Waals surface area (Å²) in [6, 6.07) is 7.10. The second kappa shape index (κ2) is 5.94. The van der Waals surface area contributed by atoms with E-state index in [-0.39, 0.29) is 5.82 Å². The van der Waals surface area contributed by atoms with Gasteiger partial charge in [-0.15, -0.1) is 0 Å². The Kier molecular flexibility index (Phi) is 4.29. The fourth-order valence-corrected chi connectivity index (χ4v) is 2.35. The van der Waals surface area contributed by atoms with Gasteiger partial charge in [-0.05, 0) is 38.6 Å². The molecule has 1 aliphatic heterocycles. The van der Waals surface area contributed by atoms with Crippen molar-refractivity contribution in [2.45, 2.75) is 25.4 Å². The molecule has 1 heterocycles. The van der Waals surface area contributed by atoms with Gasteiger partial charge in [0.05, 0.1) is 11.6 Å². The highest BCUT2D eigenvalue weighted by atomic mass is 19.1. The van der Waals surface area contributed by atoms with Crippen LogP contribution in [0.4, 0.5) is 4.39 Å². The zero-order chi connectivity index (χ0) is 13.0. The minimum absolute atomic E-state index is 0.287. The van der Waals surface area contributed by atoms with Crippen molar-refractivity contribution in [3.05, 3.63) is 35.1 Å². The van der Waals surface area contributed by atoms with Crippen LogP contribution in [-0.2, 0) is 6.54 Å². The number of nitrogens with zero attached hydrogens (tertiary/aromatic N) is 2. The van der Waals surface area contributed by atoms with Gasteiger partial charge in [0, 0.05) is 24.7 Å². The number of rotatable bonds is 3. The molecule has 0 aromatic heterocycles. The summed E-state index contributed by atoms with van der Waals surface area (Å²) in [6.07, 6.45) is 2.33. The number of piperidine rings is 1. The molecular weight excluding hydrogens is 229 g/mol. The molecule has 0 aliphatic carbocycles. The Morgan fingerprint density at radius 2 is 2.39 bits per heavy atom. The molecule has 1 aromatic carbocycles. The molecule has 0 saturated carbocycles. The third-order valence-corrected chi connectivity index (χ3v) is 3.50. The summed E-state index contributed by atoms with van der Waals surface area (Å²) in [4.78, 5) is 2.18. The molecule has 0 radical (unpaired) electrons. The summed E-state index contributed by atoms with van der Waals surface area (Å²) in [5.41, 5.74) is 1.03. The summed E-state index contributed by atoms with van der Waals surface area (Å²) < 4.78 is 13.8. The molecule has 18 heavy (non-hydrogen) atoms. The lowest BCUT2D eigenvalue weighted by atomic mass is 10.0. The third kappa shape index (κ3) is 3.06. The second-order valence-electron chi connectivity index (χ2n) is 4.83. The van der Waals surface area contributed by atoms with E-state index in [0.29, 0.717) is 23.7 Å². The van der Waals surface area contributed by atoms with Gasteiger partial charge in [-0.1, -0.05) is 6.07 Å². The van der Waals surface area contributed by atoms with E-state index in [9.17, 15) is 4.39 Å². The van der Waals surface area contributed by atoms with Crippen LogP contribution in [0.25, 0.3) is 0 Å². The van der Waals surface area contributed by atoms with E-state index in [2.05, 4.69) is 10.2 Å². The summed E-state index contributed by atoms with van der Waals surface area (Å²) in [5.74, 6) is -0.287. The maximum atomic E-state index is 13.8. The van der Waals surface area contributed by atoms with E-state index >= 15 is 0 Å². The standard InChI is InChI=1S/C14H18FN3/c1-18(13-3-2-6-17-9-13)10-12-5-4-11(8-16)7-14(12)15/h4-5,7,13,17H,2-3,6,9-10H2,1H3. The number of nitriles is 1. The minimum Gasteiger partial charge on any atom is -0.315 e. The van der Waals surface area contributed by atoms with Gasteiger partial charge in [0.2, 0.25) is 0 Å². The van der Waals surface area contributed by atoms with Gasteiger partial charge >= 0.3 is 0 Å². The van der Waals surface area contributed by atoms with E-state index < -0.39 is 0 Å². The van der Waals surface area contributed by atoms with Gasteiger partial charge in [0.1, 0.15) is 5.82 Å². The number of likely N-dealkylation sites (N-methyl/N-ethyl adjacent to an activating group) is 1. The molecule has 1 N–H and O–H groups in total. The van der Waals surface area contributed by atoms with Crippen molar-refractivity contribution in [2.24, 2.45) is 0 Å². The zero-order valence-electron chi connectivity index (χ0n) is 10.6. The first-order valence-corrected chi connectivity index (χ1v) is 6.30. The predicted molar refractivity (Wildman–Crippen MR) is 68.5 cm³/mol. The number of nitrogens with one attached hydrogen (secondary N) is 1. The molecule has 1 aromatic rings. The summed E-state index contributed by atoms with van der Waals surface area (Å²) >= 11 is 0. The quantitative estimate of drug-likeness (QED) is 0.886. The average Bonchev–Trinajstić information content (AvgIpc) is 2.42. The number of hydrogen-bond donors (Lipinski definition) is 1. The van der Waals surface area contributed by atoms with Crippen LogP contribution < -0.4 is 5.32 Å². The molecule has 1 unspecified atom stereocenters. The summed E-state index contributed by atoms with van der Waals surface area (Å²) in [6.45, 7) is 2.63. The summed E-state index contributed by atoms with van der Waals surface area (Å²) in [5, 5.41) is 12.1. The molecule has 1 atom stereocenters. The first-order chi connectivity index (χ1) is 8.70. The largest absolute Gasteiger partial charge is 0.315 e. The molecule has 4 heteroatoms. The van der Waals surface area contributed by atoms with Crippen molar-refractivity contribution >= 4 is 0 Å². The van der Waals surface area contributed by atoms with Crippen LogP contribution in [0.1, 0.15) is 24.0 Å². The van der Waals surface area contributed by atoms with Gasteiger partial charge in [-0.25, -0.2) is 4.39 Å². The molecule has 1 saturated heterocycles. The van der Waals surface area contributed by atoms with Gasteiger partial charge in [-0.2, -0.15) is 5.26 Å². The van der Waals surface area contributed by atoms with Gasteiger partial charge in [0.15, 0.2) is 0 Å². The number of halogens is 1. The molecule has 2 rings (SSSR count). The minimum atomic E-state index is -0.287. The number of hydrogen-bond acceptors (Lipinski definition) is 3. The normalized spacial score (nSPS) is 19.8. The molecule has 96 valence electrons. The Hall–Kier alpha value is -1.44.